The van der Waals surface area contributed by atoms with E-state index in [1.165, 1.54) is 17.6 Å². The van der Waals surface area contributed by atoms with Crippen LogP contribution in [-0.4, -0.2) is 38.2 Å². The molecule has 0 saturated carbocycles. The minimum atomic E-state index is -2.25. The second kappa shape index (κ2) is 8.62. The largest absolute Gasteiger partial charge is 0.290 e. The van der Waals surface area contributed by atoms with Gasteiger partial charge in [-0.1, -0.05) is 42.8 Å². The summed E-state index contributed by atoms with van der Waals surface area (Å²) in [5.74, 6) is 1.24. The van der Waals surface area contributed by atoms with Crippen LogP contribution >= 0.6 is 0 Å². The molecular formula is C24H33N5. The number of hydrogen-bond donors (Lipinski definition) is 0. The summed E-state index contributed by atoms with van der Waals surface area (Å²) in [5.41, 5.74) is 4.28. The number of aromatic nitrogens is 4. The fourth-order valence-electron chi connectivity index (χ4n) is 4.75. The molecule has 5 heteroatoms. The van der Waals surface area contributed by atoms with Crippen LogP contribution in [0.5, 0.6) is 0 Å². The molecule has 1 fully saturated rings. The molecule has 154 valence electrons. The standard InChI is InChI=1S/C24H33N5/c1-17(2)20-11-13-21(14-12-20)23(28-15-6-5-7-16-28)24-25-26-27-29(24)22-18(3)9-8-10-19(22)4/h8-10,13,20,23H,1,5-7,11-12,14-16H2,2-4H3/t20-,23?/m1/s1/i3D3. The second-order valence-electron chi connectivity index (χ2n) is 8.52. The molecule has 2 aliphatic rings. The van der Waals surface area contributed by atoms with Crippen LogP contribution in [0, 0.1) is 19.7 Å². The molecule has 1 unspecified atom stereocenters. The van der Waals surface area contributed by atoms with E-state index in [2.05, 4.69) is 40.0 Å². The van der Waals surface area contributed by atoms with Crippen LogP contribution in [0.2, 0.25) is 0 Å². The Morgan fingerprint density at radius 3 is 2.72 bits per heavy atom. The van der Waals surface area contributed by atoms with Gasteiger partial charge in [-0.05, 0) is 98.9 Å². The van der Waals surface area contributed by atoms with E-state index >= 15 is 0 Å². The lowest BCUT2D eigenvalue weighted by Gasteiger charge is -2.37. The number of benzene rings is 1. The fourth-order valence-corrected chi connectivity index (χ4v) is 4.75. The molecule has 0 N–H and O–H groups in total. The molecule has 0 amide bonds. The van der Waals surface area contributed by atoms with E-state index in [-0.39, 0.29) is 11.6 Å². The lowest BCUT2D eigenvalue weighted by atomic mass is 9.82. The number of hydrogen-bond acceptors (Lipinski definition) is 4. The molecule has 29 heavy (non-hydrogen) atoms. The summed E-state index contributed by atoms with van der Waals surface area (Å²) in [6.45, 7) is 7.94. The summed E-state index contributed by atoms with van der Waals surface area (Å²) in [6, 6.07) is 5.33. The molecule has 1 aromatic carbocycles. The normalized spacial score (nSPS) is 23.6. The predicted octanol–water partition coefficient (Wildman–Crippen LogP) is 5.11. The third-order valence-corrected chi connectivity index (χ3v) is 6.44. The van der Waals surface area contributed by atoms with Gasteiger partial charge in [0.1, 0.15) is 0 Å². The van der Waals surface area contributed by atoms with Gasteiger partial charge in [0.05, 0.1) is 11.7 Å². The molecule has 4 rings (SSSR count). The first-order valence-electron chi connectivity index (χ1n) is 12.2. The zero-order valence-electron chi connectivity index (χ0n) is 20.6. The number of likely N-dealkylation sites (tertiary alicyclic amines) is 1. The Morgan fingerprint density at radius 2 is 2.03 bits per heavy atom. The predicted molar refractivity (Wildman–Crippen MR) is 117 cm³/mol. The van der Waals surface area contributed by atoms with Gasteiger partial charge >= 0.3 is 0 Å². The molecular weight excluding hydrogens is 358 g/mol. The van der Waals surface area contributed by atoms with Crippen LogP contribution in [0.4, 0.5) is 0 Å². The first kappa shape index (κ1) is 16.5. The molecule has 0 radical (unpaired) electrons. The number of aryl methyl sites for hydroxylation is 2. The SMILES string of the molecule is [2H]C([2H])([2H])c1cccc(C)c1-n1nnnc1C(C1=CC[C@@H](C(=C)C)CC1)N1CCCCC1. The average Bonchev–Trinajstić information content (AvgIpc) is 3.23. The van der Waals surface area contributed by atoms with Crippen LogP contribution in [0.25, 0.3) is 5.69 Å². The van der Waals surface area contributed by atoms with Crippen LogP contribution in [0.3, 0.4) is 0 Å². The van der Waals surface area contributed by atoms with Gasteiger partial charge in [-0.3, -0.25) is 4.90 Å². The monoisotopic (exact) mass is 394 g/mol. The highest BCUT2D eigenvalue weighted by molar-refractivity contribution is 5.47. The van der Waals surface area contributed by atoms with E-state index < -0.39 is 6.85 Å². The second-order valence-corrected chi connectivity index (χ2v) is 8.52. The number of para-hydroxylation sites is 1. The van der Waals surface area contributed by atoms with Gasteiger partial charge in [0.25, 0.3) is 0 Å². The molecule has 1 aromatic heterocycles. The molecule has 1 aliphatic heterocycles. The summed E-state index contributed by atoms with van der Waals surface area (Å²) < 4.78 is 25.9. The van der Waals surface area contributed by atoms with Gasteiger partial charge in [-0.15, -0.1) is 5.10 Å². The number of tetrazole rings is 1. The lowest BCUT2D eigenvalue weighted by Crippen LogP contribution is -2.37. The van der Waals surface area contributed by atoms with E-state index in [4.69, 9.17) is 4.11 Å². The smallest absolute Gasteiger partial charge is 0.177 e. The van der Waals surface area contributed by atoms with Gasteiger partial charge in [-0.25, -0.2) is 0 Å². The lowest BCUT2D eigenvalue weighted by molar-refractivity contribution is 0.172. The van der Waals surface area contributed by atoms with Crippen molar-refractivity contribution in [3.63, 3.8) is 0 Å². The molecule has 0 spiro atoms. The molecule has 2 aromatic rings. The minimum absolute atomic E-state index is 0.0413. The molecule has 1 aliphatic carbocycles. The molecule has 5 nitrogen and oxygen atoms in total. The van der Waals surface area contributed by atoms with Crippen molar-refractivity contribution in [2.75, 3.05) is 13.1 Å². The van der Waals surface area contributed by atoms with Crippen molar-refractivity contribution in [1.29, 1.82) is 0 Å². The Bertz CT molecular complexity index is 1000. The van der Waals surface area contributed by atoms with Gasteiger partial charge in [0, 0.05) is 4.11 Å². The zero-order chi connectivity index (χ0) is 22.9. The van der Waals surface area contributed by atoms with E-state index in [1.807, 2.05) is 13.0 Å². The van der Waals surface area contributed by atoms with Crippen molar-refractivity contribution in [3.8, 4) is 5.69 Å². The van der Waals surface area contributed by atoms with Crippen LogP contribution in [-0.2, 0) is 0 Å². The van der Waals surface area contributed by atoms with Crippen molar-refractivity contribution >= 4 is 0 Å². The highest BCUT2D eigenvalue weighted by atomic mass is 15.6. The molecule has 2 atom stereocenters. The van der Waals surface area contributed by atoms with E-state index in [1.54, 1.807) is 16.8 Å². The Kier molecular flexibility index (Phi) is 4.91. The maximum absolute atomic E-state index is 8.07. The van der Waals surface area contributed by atoms with Crippen molar-refractivity contribution in [1.82, 2.24) is 25.1 Å². The van der Waals surface area contributed by atoms with Crippen LogP contribution < -0.4 is 0 Å². The fraction of sp³-hybridized carbons (Fsp3) is 0.542. The van der Waals surface area contributed by atoms with Gasteiger partial charge in [0.2, 0.25) is 0 Å². The van der Waals surface area contributed by atoms with Crippen molar-refractivity contribution in [2.24, 2.45) is 5.92 Å². The summed E-state index contributed by atoms with van der Waals surface area (Å²) in [6.07, 6.45) is 8.95. The number of nitrogens with zero attached hydrogens (tertiary/aromatic N) is 5. The zero-order valence-corrected chi connectivity index (χ0v) is 17.6. The Balaban J connectivity index is 1.81. The maximum atomic E-state index is 8.07. The number of allylic oxidation sites excluding steroid dienone is 2. The number of rotatable bonds is 5. The first-order valence-corrected chi connectivity index (χ1v) is 10.7. The molecule has 0 bridgehead atoms. The Morgan fingerprint density at radius 1 is 1.24 bits per heavy atom. The minimum Gasteiger partial charge on any atom is -0.290 e. The van der Waals surface area contributed by atoms with Gasteiger partial charge in [0.15, 0.2) is 5.82 Å². The maximum Gasteiger partial charge on any atom is 0.177 e. The highest BCUT2D eigenvalue weighted by Crippen LogP contribution is 2.39. The van der Waals surface area contributed by atoms with Crippen molar-refractivity contribution in [2.45, 2.75) is 65.3 Å². The van der Waals surface area contributed by atoms with Crippen molar-refractivity contribution < 1.29 is 4.11 Å². The molecule has 1 saturated heterocycles. The summed E-state index contributed by atoms with van der Waals surface area (Å²) in [5, 5.41) is 12.8. The van der Waals surface area contributed by atoms with Crippen molar-refractivity contribution in [3.05, 3.63) is 59.0 Å². The van der Waals surface area contributed by atoms with Crippen LogP contribution in [0.15, 0.2) is 42.0 Å². The average molecular weight is 395 g/mol. The summed E-state index contributed by atoms with van der Waals surface area (Å²) >= 11 is 0. The third-order valence-electron chi connectivity index (χ3n) is 6.44. The van der Waals surface area contributed by atoms with Gasteiger partial charge in [-0.2, -0.15) is 4.68 Å². The van der Waals surface area contributed by atoms with Crippen LogP contribution in [0.1, 0.15) is 72.6 Å². The highest BCUT2D eigenvalue weighted by Gasteiger charge is 2.33. The number of piperidine rings is 1. The van der Waals surface area contributed by atoms with Gasteiger partial charge < -0.3 is 0 Å². The summed E-state index contributed by atoms with van der Waals surface area (Å²) in [7, 11) is 0. The Labute approximate surface area is 178 Å². The molecule has 2 heterocycles. The summed E-state index contributed by atoms with van der Waals surface area (Å²) in [4.78, 5) is 2.48. The van der Waals surface area contributed by atoms with E-state index in [0.29, 0.717) is 17.4 Å². The Hall–Kier alpha value is -2.27. The third kappa shape index (κ3) is 4.06. The van der Waals surface area contributed by atoms with E-state index in [9.17, 15) is 0 Å². The topological polar surface area (TPSA) is 46.8 Å². The quantitative estimate of drug-likeness (QED) is 0.661. The first-order chi connectivity index (χ1) is 15.3. The van der Waals surface area contributed by atoms with E-state index in [0.717, 1.165) is 50.8 Å².